The van der Waals surface area contributed by atoms with E-state index in [4.69, 9.17) is 0 Å². The first-order chi connectivity index (χ1) is 5.43. The third-order valence-corrected chi connectivity index (χ3v) is 2.33. The van der Waals surface area contributed by atoms with Crippen molar-refractivity contribution in [2.45, 2.75) is 5.75 Å². The van der Waals surface area contributed by atoms with E-state index in [-0.39, 0.29) is 6.61 Å². The van der Waals surface area contributed by atoms with Gasteiger partial charge >= 0.3 is 0 Å². The quantitative estimate of drug-likeness (QED) is 0.630. The fourth-order valence-corrected chi connectivity index (χ4v) is 1.51. The molecule has 0 saturated heterocycles. The Kier molecular flexibility index (Phi) is 4.09. The molecule has 0 spiro atoms. The summed E-state index contributed by atoms with van der Waals surface area (Å²) in [5, 5.41) is 10.1. The predicted molar refractivity (Wildman–Crippen MR) is 47.5 cm³/mol. The van der Waals surface area contributed by atoms with Crippen LogP contribution in [0.2, 0.25) is 0 Å². The molecule has 0 aliphatic carbocycles. The largest absolute Gasteiger partial charge is 0.854 e. The zero-order chi connectivity index (χ0) is 7.94. The molecule has 1 aromatic rings. The van der Waals surface area contributed by atoms with Gasteiger partial charge in [0.15, 0.2) is 0 Å². The van der Waals surface area contributed by atoms with Crippen molar-refractivity contribution in [3.05, 3.63) is 35.9 Å². The van der Waals surface area contributed by atoms with Crippen LogP contribution in [0.1, 0.15) is 5.56 Å². The van der Waals surface area contributed by atoms with Crippen molar-refractivity contribution >= 4 is 11.8 Å². The number of benzene rings is 1. The average molecular weight is 167 g/mol. The molecule has 11 heavy (non-hydrogen) atoms. The summed E-state index contributed by atoms with van der Waals surface area (Å²) in [6.07, 6.45) is 0. The number of thioether (sulfide) groups is 1. The summed E-state index contributed by atoms with van der Waals surface area (Å²) in [6.45, 7) is 0.0253. The lowest BCUT2D eigenvalue weighted by Gasteiger charge is -2.02. The highest BCUT2D eigenvalue weighted by Crippen LogP contribution is 2.09. The minimum atomic E-state index is 0.0253. The molecule has 60 valence electrons. The van der Waals surface area contributed by atoms with E-state index in [2.05, 4.69) is 12.1 Å². The number of hydrogen-bond donors (Lipinski definition) is 0. The Hall–Kier alpha value is -0.470. The van der Waals surface area contributed by atoms with Gasteiger partial charge in [0.1, 0.15) is 0 Å². The van der Waals surface area contributed by atoms with Crippen molar-refractivity contribution in [3.8, 4) is 0 Å². The van der Waals surface area contributed by atoms with Gasteiger partial charge < -0.3 is 5.11 Å². The molecule has 0 aromatic heterocycles. The molecule has 0 saturated carbocycles. The zero-order valence-corrected chi connectivity index (χ0v) is 7.14. The van der Waals surface area contributed by atoms with E-state index in [1.807, 2.05) is 18.2 Å². The molecule has 1 nitrogen and oxygen atoms in total. The van der Waals surface area contributed by atoms with Gasteiger partial charge in [-0.2, -0.15) is 11.8 Å². The molecule has 1 rings (SSSR count). The lowest BCUT2D eigenvalue weighted by molar-refractivity contribution is -0.360. The smallest absolute Gasteiger partial charge is 0.0184 e. The topological polar surface area (TPSA) is 23.1 Å². The summed E-state index contributed by atoms with van der Waals surface area (Å²) < 4.78 is 0. The van der Waals surface area contributed by atoms with Crippen molar-refractivity contribution in [3.63, 3.8) is 0 Å². The van der Waals surface area contributed by atoms with Crippen LogP contribution >= 0.6 is 11.8 Å². The van der Waals surface area contributed by atoms with Crippen LogP contribution in [0.3, 0.4) is 0 Å². The second-order valence-corrected chi connectivity index (χ2v) is 3.35. The number of rotatable bonds is 4. The molecule has 0 fully saturated rings. The molecule has 0 unspecified atom stereocenters. The Labute approximate surface area is 71.4 Å². The summed E-state index contributed by atoms with van der Waals surface area (Å²) in [4.78, 5) is 0. The second-order valence-electron chi connectivity index (χ2n) is 2.24. The average Bonchev–Trinajstić information content (AvgIpc) is 2.07. The molecule has 0 radical (unpaired) electrons. The van der Waals surface area contributed by atoms with Crippen LogP contribution in [0.25, 0.3) is 0 Å². The molecule has 0 aliphatic heterocycles. The van der Waals surface area contributed by atoms with Crippen molar-refractivity contribution < 1.29 is 5.11 Å². The first kappa shape index (κ1) is 8.62. The fourth-order valence-electron chi connectivity index (χ4n) is 0.823. The Bertz CT molecular complexity index is 186. The van der Waals surface area contributed by atoms with Gasteiger partial charge in [0.05, 0.1) is 0 Å². The zero-order valence-electron chi connectivity index (χ0n) is 6.32. The summed E-state index contributed by atoms with van der Waals surface area (Å²) in [5.41, 5.74) is 1.30. The van der Waals surface area contributed by atoms with Crippen molar-refractivity contribution in [1.82, 2.24) is 0 Å². The Morgan fingerprint density at radius 3 is 2.55 bits per heavy atom. The first-order valence-corrected chi connectivity index (χ1v) is 4.78. The lowest BCUT2D eigenvalue weighted by Crippen LogP contribution is -2.07. The molecule has 2 heteroatoms. The minimum absolute atomic E-state index is 0.0253. The molecule has 1 aromatic carbocycles. The third-order valence-electron chi connectivity index (χ3n) is 1.34. The first-order valence-electron chi connectivity index (χ1n) is 3.63. The summed E-state index contributed by atoms with van der Waals surface area (Å²) in [6, 6.07) is 10.2. The molecule has 0 amide bonds. The van der Waals surface area contributed by atoms with Crippen LogP contribution in [0, 0.1) is 0 Å². The Balaban J connectivity index is 2.28. The van der Waals surface area contributed by atoms with Gasteiger partial charge in [-0.1, -0.05) is 30.3 Å². The van der Waals surface area contributed by atoms with Gasteiger partial charge in [0.25, 0.3) is 0 Å². The van der Waals surface area contributed by atoms with Crippen molar-refractivity contribution in [2.75, 3.05) is 12.4 Å². The Morgan fingerprint density at radius 2 is 1.91 bits per heavy atom. The van der Waals surface area contributed by atoms with Gasteiger partial charge in [0.2, 0.25) is 0 Å². The highest BCUT2D eigenvalue weighted by atomic mass is 32.2. The summed E-state index contributed by atoms with van der Waals surface area (Å²) in [5.74, 6) is 1.68. The SMILES string of the molecule is [O-]CCSCc1ccccc1. The van der Waals surface area contributed by atoms with Crippen LogP contribution < -0.4 is 5.11 Å². The maximum Gasteiger partial charge on any atom is 0.0184 e. The van der Waals surface area contributed by atoms with Crippen molar-refractivity contribution in [2.24, 2.45) is 0 Å². The van der Waals surface area contributed by atoms with E-state index in [1.165, 1.54) is 5.56 Å². The second kappa shape index (κ2) is 5.22. The standard InChI is InChI=1S/C9H11OS/c10-6-7-11-8-9-4-2-1-3-5-9/h1-5H,6-8H2/q-1. The normalized spacial score (nSPS) is 9.91. The highest BCUT2D eigenvalue weighted by molar-refractivity contribution is 7.98. The van der Waals surface area contributed by atoms with Gasteiger partial charge in [-0.05, 0) is 11.3 Å². The van der Waals surface area contributed by atoms with E-state index in [0.29, 0.717) is 0 Å². The summed E-state index contributed by atoms with van der Waals surface area (Å²) >= 11 is 1.69. The molecule has 0 atom stereocenters. The van der Waals surface area contributed by atoms with Crippen LogP contribution in [0.5, 0.6) is 0 Å². The molecular weight excluding hydrogens is 156 g/mol. The van der Waals surface area contributed by atoms with Gasteiger partial charge in [0, 0.05) is 5.75 Å². The van der Waals surface area contributed by atoms with E-state index in [0.717, 1.165) is 11.5 Å². The minimum Gasteiger partial charge on any atom is -0.854 e. The third kappa shape index (κ3) is 3.44. The maximum absolute atomic E-state index is 10.1. The maximum atomic E-state index is 10.1. The molecule has 0 bridgehead atoms. The van der Waals surface area contributed by atoms with Gasteiger partial charge in [-0.3, -0.25) is 0 Å². The predicted octanol–water partition coefficient (Wildman–Crippen LogP) is 1.28. The molecule has 0 N–H and O–H groups in total. The van der Waals surface area contributed by atoms with E-state index >= 15 is 0 Å². The monoisotopic (exact) mass is 167 g/mol. The fraction of sp³-hybridized carbons (Fsp3) is 0.333. The molecule has 0 aliphatic rings. The molecular formula is C9H11OS-. The number of hydrogen-bond acceptors (Lipinski definition) is 2. The van der Waals surface area contributed by atoms with Crippen LogP contribution in [-0.4, -0.2) is 12.4 Å². The molecule has 0 heterocycles. The van der Waals surface area contributed by atoms with E-state index in [1.54, 1.807) is 11.8 Å². The van der Waals surface area contributed by atoms with Crippen molar-refractivity contribution in [1.29, 1.82) is 0 Å². The van der Waals surface area contributed by atoms with Gasteiger partial charge in [-0.15, -0.1) is 6.61 Å². The van der Waals surface area contributed by atoms with Crippen LogP contribution in [-0.2, 0) is 5.75 Å². The summed E-state index contributed by atoms with van der Waals surface area (Å²) in [7, 11) is 0. The highest BCUT2D eigenvalue weighted by Gasteiger charge is 1.88. The van der Waals surface area contributed by atoms with Gasteiger partial charge in [-0.25, -0.2) is 0 Å². The van der Waals surface area contributed by atoms with E-state index < -0.39 is 0 Å². The lowest BCUT2D eigenvalue weighted by atomic mass is 10.2. The Morgan fingerprint density at radius 1 is 1.18 bits per heavy atom. The van der Waals surface area contributed by atoms with Crippen LogP contribution in [0.4, 0.5) is 0 Å². The van der Waals surface area contributed by atoms with Crippen LogP contribution in [0.15, 0.2) is 30.3 Å². The van der Waals surface area contributed by atoms with E-state index in [9.17, 15) is 5.11 Å².